The molecular weight excluding hydrogens is 414 g/mol. The molecule has 1 heterocycles. The quantitative estimate of drug-likeness (QED) is 0.696. The van der Waals surface area contributed by atoms with E-state index in [9.17, 15) is 18.5 Å². The van der Waals surface area contributed by atoms with Crippen molar-refractivity contribution in [1.82, 2.24) is 10.3 Å². The molecule has 1 N–H and O–H groups in total. The van der Waals surface area contributed by atoms with Crippen LogP contribution in [0.3, 0.4) is 0 Å². The number of benzene rings is 1. The van der Waals surface area contributed by atoms with E-state index in [-0.39, 0.29) is 17.4 Å². The van der Waals surface area contributed by atoms with Gasteiger partial charge < -0.3 is 10.1 Å². The summed E-state index contributed by atoms with van der Waals surface area (Å²) < 4.78 is 28.6. The lowest BCUT2D eigenvalue weighted by atomic mass is 9.97. The molecule has 1 aromatic carbocycles. The minimum atomic E-state index is -3.31. The third kappa shape index (κ3) is 6.15. The van der Waals surface area contributed by atoms with E-state index in [0.717, 1.165) is 37.3 Å². The Hall–Kier alpha value is -3.18. The summed E-state index contributed by atoms with van der Waals surface area (Å²) >= 11 is 0. The van der Waals surface area contributed by atoms with Crippen LogP contribution in [0.25, 0.3) is 0 Å². The zero-order valence-corrected chi connectivity index (χ0v) is 18.4. The Morgan fingerprint density at radius 3 is 2.58 bits per heavy atom. The molecule has 7 nitrogen and oxygen atoms in total. The Morgan fingerprint density at radius 1 is 1.29 bits per heavy atom. The number of ether oxygens (including phenoxy) is 1. The van der Waals surface area contributed by atoms with Gasteiger partial charge in [-0.3, -0.25) is 4.79 Å². The first-order valence-corrected chi connectivity index (χ1v) is 12.1. The Kier molecular flexibility index (Phi) is 7.08. The highest BCUT2D eigenvalue weighted by molar-refractivity contribution is 7.93. The van der Waals surface area contributed by atoms with Gasteiger partial charge in [0.1, 0.15) is 17.4 Å². The maximum Gasteiger partial charge on any atom is 0.257 e. The van der Waals surface area contributed by atoms with Crippen LogP contribution in [0.4, 0.5) is 0 Å². The van der Waals surface area contributed by atoms with Crippen LogP contribution in [0.2, 0.25) is 0 Å². The molecule has 0 saturated heterocycles. The van der Waals surface area contributed by atoms with E-state index in [1.54, 1.807) is 19.1 Å². The van der Waals surface area contributed by atoms with Crippen LogP contribution < -0.4 is 10.1 Å². The number of nitrogens with one attached hydrogen (secondary N) is 1. The van der Waals surface area contributed by atoms with Crippen molar-refractivity contribution in [2.45, 2.75) is 44.6 Å². The van der Waals surface area contributed by atoms with Crippen LogP contribution >= 0.6 is 0 Å². The number of carbonyl (C=O) groups excluding carboxylic acids is 1. The maximum absolute atomic E-state index is 13.0. The van der Waals surface area contributed by atoms with E-state index < -0.39 is 21.8 Å². The molecule has 1 fully saturated rings. The normalized spacial score (nSPS) is 15.5. The van der Waals surface area contributed by atoms with Gasteiger partial charge in [0.15, 0.2) is 9.84 Å². The smallest absolute Gasteiger partial charge is 0.257 e. The average molecular weight is 440 g/mol. The predicted molar refractivity (Wildman–Crippen MR) is 118 cm³/mol. The topological polar surface area (TPSA) is 109 Å². The molecule has 0 bridgehead atoms. The molecule has 1 aliphatic rings. The number of nitrogens with zero attached hydrogens (tertiary/aromatic N) is 2. The summed E-state index contributed by atoms with van der Waals surface area (Å²) in [5.41, 5.74) is 1.14. The Labute approximate surface area is 182 Å². The monoisotopic (exact) mass is 439 g/mol. The summed E-state index contributed by atoms with van der Waals surface area (Å²) in [6.07, 6.45) is 6.53. The number of sulfone groups is 1. The third-order valence-electron chi connectivity index (χ3n) is 5.05. The highest BCUT2D eigenvalue weighted by Gasteiger charge is 2.26. The highest BCUT2D eigenvalue weighted by Crippen LogP contribution is 2.37. The SMILES string of the molecule is CC(/C=C/S(C)(=O)=O)NC(=O)c1cc(C#N)c(C2CCCC2)nc1Oc1ccccc1. The lowest BCUT2D eigenvalue weighted by Crippen LogP contribution is -2.31. The molecule has 2 aromatic rings. The van der Waals surface area contributed by atoms with Crippen LogP contribution in [0.1, 0.15) is 60.1 Å². The van der Waals surface area contributed by atoms with Gasteiger partial charge in [0, 0.05) is 23.6 Å². The van der Waals surface area contributed by atoms with Crippen molar-refractivity contribution in [3.8, 4) is 17.7 Å². The first-order chi connectivity index (χ1) is 14.8. The molecular formula is C23H25N3O4S. The summed E-state index contributed by atoms with van der Waals surface area (Å²) in [6, 6.07) is 12.1. The van der Waals surface area contributed by atoms with E-state index >= 15 is 0 Å². The van der Waals surface area contributed by atoms with Gasteiger partial charge in [-0.1, -0.05) is 37.1 Å². The van der Waals surface area contributed by atoms with Crippen molar-refractivity contribution in [2.75, 3.05) is 6.26 Å². The van der Waals surface area contributed by atoms with Crippen molar-refractivity contribution in [2.24, 2.45) is 0 Å². The molecule has 1 saturated carbocycles. The Morgan fingerprint density at radius 2 is 1.97 bits per heavy atom. The number of amides is 1. The number of nitriles is 1. The molecule has 1 aliphatic carbocycles. The molecule has 0 aliphatic heterocycles. The molecule has 1 atom stereocenters. The molecule has 162 valence electrons. The van der Waals surface area contributed by atoms with Crippen LogP contribution in [-0.2, 0) is 9.84 Å². The summed E-state index contributed by atoms with van der Waals surface area (Å²) in [5.74, 6) is 0.320. The van der Waals surface area contributed by atoms with Gasteiger partial charge in [0.25, 0.3) is 5.91 Å². The van der Waals surface area contributed by atoms with E-state index in [0.29, 0.717) is 17.0 Å². The van der Waals surface area contributed by atoms with Gasteiger partial charge in [-0.05, 0) is 38.0 Å². The molecule has 1 unspecified atom stereocenters. The minimum Gasteiger partial charge on any atom is -0.438 e. The molecule has 1 aromatic heterocycles. The van der Waals surface area contributed by atoms with Crippen LogP contribution in [0, 0.1) is 11.3 Å². The summed E-state index contributed by atoms with van der Waals surface area (Å²) in [7, 11) is -3.31. The Bertz CT molecular complexity index is 1120. The standard InChI is InChI=1S/C23H25N3O4S/c1-16(12-13-31(2,28)29)25-22(27)20-14-18(15-24)21(17-8-6-7-9-17)26-23(20)30-19-10-4-3-5-11-19/h3-5,10-14,16-17H,6-9H2,1-2H3,(H,25,27)/b13-12+. The van der Waals surface area contributed by atoms with Crippen molar-refractivity contribution in [1.29, 1.82) is 5.26 Å². The second-order valence-corrected chi connectivity index (χ2v) is 9.63. The Balaban J connectivity index is 1.97. The predicted octanol–water partition coefficient (Wildman–Crippen LogP) is 4.08. The van der Waals surface area contributed by atoms with Crippen molar-refractivity contribution in [3.63, 3.8) is 0 Å². The average Bonchev–Trinajstić information content (AvgIpc) is 3.27. The second kappa shape index (κ2) is 9.75. The molecule has 0 spiro atoms. The van der Waals surface area contributed by atoms with Gasteiger partial charge in [0.05, 0.1) is 11.3 Å². The largest absolute Gasteiger partial charge is 0.438 e. The van der Waals surface area contributed by atoms with Gasteiger partial charge in [0.2, 0.25) is 5.88 Å². The van der Waals surface area contributed by atoms with Crippen molar-refractivity contribution >= 4 is 15.7 Å². The highest BCUT2D eigenvalue weighted by atomic mass is 32.2. The first kappa shape index (κ1) is 22.5. The number of rotatable bonds is 7. The van der Waals surface area contributed by atoms with Crippen LogP contribution in [0.5, 0.6) is 11.6 Å². The molecule has 31 heavy (non-hydrogen) atoms. The molecule has 8 heteroatoms. The van der Waals surface area contributed by atoms with E-state index in [4.69, 9.17) is 4.74 Å². The molecule has 1 amide bonds. The fourth-order valence-electron chi connectivity index (χ4n) is 3.54. The van der Waals surface area contributed by atoms with Crippen LogP contribution in [-0.4, -0.2) is 31.6 Å². The first-order valence-electron chi connectivity index (χ1n) is 10.1. The molecule has 3 rings (SSSR count). The minimum absolute atomic E-state index is 0.127. The van der Waals surface area contributed by atoms with Gasteiger partial charge >= 0.3 is 0 Å². The van der Waals surface area contributed by atoms with E-state index in [2.05, 4.69) is 16.4 Å². The number of hydrogen-bond acceptors (Lipinski definition) is 6. The van der Waals surface area contributed by atoms with E-state index in [1.165, 1.54) is 12.1 Å². The third-order valence-corrected chi connectivity index (χ3v) is 5.71. The molecule has 0 radical (unpaired) electrons. The van der Waals surface area contributed by atoms with E-state index in [1.807, 2.05) is 18.2 Å². The fraction of sp³-hybridized carbons (Fsp3) is 0.348. The fourth-order valence-corrected chi connectivity index (χ4v) is 4.06. The lowest BCUT2D eigenvalue weighted by Gasteiger charge is -2.17. The summed E-state index contributed by atoms with van der Waals surface area (Å²) in [4.78, 5) is 17.6. The maximum atomic E-state index is 13.0. The lowest BCUT2D eigenvalue weighted by molar-refractivity contribution is 0.0944. The zero-order chi connectivity index (χ0) is 22.4. The van der Waals surface area contributed by atoms with Crippen LogP contribution in [0.15, 0.2) is 47.9 Å². The summed E-state index contributed by atoms with van der Waals surface area (Å²) in [5, 5.41) is 13.4. The van der Waals surface area contributed by atoms with Gasteiger partial charge in [-0.25, -0.2) is 13.4 Å². The second-order valence-electron chi connectivity index (χ2n) is 7.70. The van der Waals surface area contributed by atoms with Gasteiger partial charge in [-0.15, -0.1) is 0 Å². The van der Waals surface area contributed by atoms with Crippen molar-refractivity contribution < 1.29 is 17.9 Å². The zero-order valence-electron chi connectivity index (χ0n) is 17.5. The number of para-hydroxylation sites is 1. The number of aromatic nitrogens is 1. The van der Waals surface area contributed by atoms with Crippen molar-refractivity contribution in [3.05, 3.63) is 64.7 Å². The number of hydrogen-bond donors (Lipinski definition) is 1. The number of carbonyl (C=O) groups is 1. The number of pyridine rings is 1. The summed E-state index contributed by atoms with van der Waals surface area (Å²) in [6.45, 7) is 1.66. The van der Waals surface area contributed by atoms with Gasteiger partial charge in [-0.2, -0.15) is 5.26 Å².